The van der Waals surface area contributed by atoms with Gasteiger partial charge in [0.15, 0.2) is 11.6 Å². The number of hydrogen-bond donors (Lipinski definition) is 0. The van der Waals surface area contributed by atoms with E-state index in [0.717, 1.165) is 48.9 Å². The second kappa shape index (κ2) is 7.94. The Morgan fingerprint density at radius 3 is 2.57 bits per heavy atom. The summed E-state index contributed by atoms with van der Waals surface area (Å²) in [6.45, 7) is 4.53. The van der Waals surface area contributed by atoms with Crippen molar-refractivity contribution in [2.45, 2.75) is 52.0 Å². The summed E-state index contributed by atoms with van der Waals surface area (Å²) in [4.78, 5) is 41.3. The van der Waals surface area contributed by atoms with E-state index in [0.29, 0.717) is 29.4 Å². The highest BCUT2D eigenvalue weighted by atomic mass is 16.2. The average molecular weight is 469 g/mol. The first kappa shape index (κ1) is 22.3. The molecule has 6 nitrogen and oxygen atoms in total. The second-order valence-electron chi connectivity index (χ2n) is 11.3. The van der Waals surface area contributed by atoms with Crippen molar-refractivity contribution >= 4 is 17.8 Å². The number of amides is 1. The van der Waals surface area contributed by atoms with Gasteiger partial charge in [0, 0.05) is 48.1 Å². The molecule has 0 bridgehead atoms. The molecule has 0 radical (unpaired) electrons. The number of Topliss-reactive ketones (excluding diaryl/α,β-unsaturated/α-hetero) is 1. The quantitative estimate of drug-likeness (QED) is 0.595. The van der Waals surface area contributed by atoms with E-state index in [1.165, 1.54) is 0 Å². The fourth-order valence-corrected chi connectivity index (χ4v) is 7.78. The van der Waals surface area contributed by atoms with Crippen molar-refractivity contribution in [3.8, 4) is 11.5 Å². The van der Waals surface area contributed by atoms with E-state index in [2.05, 4.69) is 34.9 Å². The lowest BCUT2D eigenvalue weighted by atomic mass is 9.48. The van der Waals surface area contributed by atoms with Gasteiger partial charge in [0.1, 0.15) is 5.69 Å². The number of carbonyl (C=O) groups is 2. The van der Waals surface area contributed by atoms with E-state index in [4.69, 9.17) is 0 Å². The number of fused-ring (bicyclic) bond motifs is 5. The van der Waals surface area contributed by atoms with Crippen molar-refractivity contribution in [2.75, 3.05) is 7.05 Å². The van der Waals surface area contributed by atoms with Gasteiger partial charge in [-0.05, 0) is 79.7 Å². The summed E-state index contributed by atoms with van der Waals surface area (Å²) < 4.78 is 0. The third kappa shape index (κ3) is 3.33. The Hall–Kier alpha value is -3.15. The third-order valence-electron chi connectivity index (χ3n) is 9.67. The van der Waals surface area contributed by atoms with E-state index in [1.54, 1.807) is 24.7 Å². The second-order valence-corrected chi connectivity index (χ2v) is 11.3. The van der Waals surface area contributed by atoms with Crippen LogP contribution in [0.2, 0.25) is 0 Å². The van der Waals surface area contributed by atoms with Gasteiger partial charge in [-0.15, -0.1) is 0 Å². The molecule has 35 heavy (non-hydrogen) atoms. The van der Waals surface area contributed by atoms with Crippen LogP contribution >= 0.6 is 0 Å². The molecule has 3 saturated carbocycles. The molecule has 2 aromatic rings. The van der Waals surface area contributed by atoms with Gasteiger partial charge in [-0.1, -0.05) is 26.0 Å². The van der Waals surface area contributed by atoms with Gasteiger partial charge < -0.3 is 4.90 Å². The number of pyridine rings is 1. The minimum absolute atomic E-state index is 0.0163. The summed E-state index contributed by atoms with van der Waals surface area (Å²) in [7, 11) is 1.95. The Morgan fingerprint density at radius 2 is 1.83 bits per heavy atom. The highest BCUT2D eigenvalue weighted by Gasteiger charge is 2.61. The highest BCUT2D eigenvalue weighted by molar-refractivity contribution is 6.05. The minimum Gasteiger partial charge on any atom is -0.338 e. The van der Waals surface area contributed by atoms with E-state index in [-0.39, 0.29) is 22.8 Å². The number of aromatic nitrogens is 3. The molecule has 3 heterocycles. The van der Waals surface area contributed by atoms with Crippen LogP contribution in [0.15, 0.2) is 54.5 Å². The van der Waals surface area contributed by atoms with Crippen LogP contribution in [0.25, 0.3) is 17.6 Å². The van der Waals surface area contributed by atoms with Gasteiger partial charge in [0.2, 0.25) is 5.91 Å². The summed E-state index contributed by atoms with van der Waals surface area (Å²) in [5.74, 6) is 2.35. The number of ketones is 1. The normalized spacial score (nSPS) is 37.2. The van der Waals surface area contributed by atoms with Crippen LogP contribution in [-0.2, 0) is 9.59 Å². The molecule has 3 aliphatic carbocycles. The SMILES string of the molecule is CN1C(=O)C=C[C@]2(C)[C@H]3CC[C@]4(C)C(=O)/C(=C/c5cnc(-c6ccccn6)nc5)C[C@H]4[C@@H]3CC[C@@H]12. The molecule has 4 aliphatic rings. The standard InChI is InChI=1S/C29H32N4O2/c1-28-12-10-25(34)33(3)24(28)8-7-20-21(28)9-11-29(2)22(20)15-19(26(29)35)14-18-16-31-27(32-17-18)23-6-4-5-13-30-23/h4-6,10,12-14,16-17,20-22,24H,7-9,11,15H2,1-3H3/b19-14+/t20-,21+,22+,24-,28-,29+/m1/s1. The van der Waals surface area contributed by atoms with Crippen LogP contribution < -0.4 is 0 Å². The lowest BCUT2D eigenvalue weighted by Gasteiger charge is -2.59. The zero-order valence-electron chi connectivity index (χ0n) is 20.6. The molecule has 0 unspecified atom stereocenters. The highest BCUT2D eigenvalue weighted by Crippen LogP contribution is 2.63. The molecule has 0 saturated heterocycles. The fraction of sp³-hybridized carbons (Fsp3) is 0.483. The Balaban J connectivity index is 1.28. The molecule has 1 amide bonds. The molecule has 6 atom stereocenters. The lowest BCUT2D eigenvalue weighted by Crippen LogP contribution is -2.59. The number of allylic oxidation sites excluding steroid dienone is 1. The van der Waals surface area contributed by atoms with E-state index < -0.39 is 0 Å². The molecule has 6 heteroatoms. The van der Waals surface area contributed by atoms with Crippen molar-refractivity contribution in [2.24, 2.45) is 28.6 Å². The number of nitrogens with zero attached hydrogens (tertiary/aromatic N) is 4. The van der Waals surface area contributed by atoms with Crippen LogP contribution in [0.1, 0.15) is 51.5 Å². The van der Waals surface area contributed by atoms with Crippen molar-refractivity contribution in [3.63, 3.8) is 0 Å². The topological polar surface area (TPSA) is 76.1 Å². The molecular weight excluding hydrogens is 436 g/mol. The first-order valence-corrected chi connectivity index (χ1v) is 12.8. The number of carbonyl (C=O) groups excluding carboxylic acids is 2. The summed E-state index contributed by atoms with van der Waals surface area (Å²) >= 11 is 0. The van der Waals surface area contributed by atoms with Crippen LogP contribution in [0.4, 0.5) is 0 Å². The molecule has 6 rings (SSSR count). The minimum atomic E-state index is -0.301. The summed E-state index contributed by atoms with van der Waals surface area (Å²) in [6, 6.07) is 5.93. The van der Waals surface area contributed by atoms with Gasteiger partial charge in [0.25, 0.3) is 0 Å². The Morgan fingerprint density at radius 1 is 1.03 bits per heavy atom. The third-order valence-corrected chi connectivity index (χ3v) is 9.67. The van der Waals surface area contributed by atoms with Crippen LogP contribution in [0.3, 0.4) is 0 Å². The van der Waals surface area contributed by atoms with Gasteiger partial charge in [-0.2, -0.15) is 0 Å². The number of likely N-dealkylation sites (N-methyl/N-ethyl adjacent to an activating group) is 1. The molecule has 0 aromatic carbocycles. The predicted octanol–water partition coefficient (Wildman–Crippen LogP) is 4.74. The number of hydrogen-bond acceptors (Lipinski definition) is 5. The first-order valence-electron chi connectivity index (χ1n) is 12.8. The predicted molar refractivity (Wildman–Crippen MR) is 134 cm³/mol. The fourth-order valence-electron chi connectivity index (χ4n) is 7.78. The Labute approximate surface area is 206 Å². The summed E-state index contributed by atoms with van der Waals surface area (Å²) in [6.07, 6.45) is 16.1. The van der Waals surface area contributed by atoms with Gasteiger partial charge in [0.05, 0.1) is 0 Å². The largest absolute Gasteiger partial charge is 0.338 e. The van der Waals surface area contributed by atoms with E-state index in [9.17, 15) is 9.59 Å². The molecular formula is C29H32N4O2. The molecule has 1 aliphatic heterocycles. The summed E-state index contributed by atoms with van der Waals surface area (Å²) in [5.41, 5.74) is 2.19. The monoisotopic (exact) mass is 468 g/mol. The Bertz CT molecular complexity index is 1240. The maximum atomic E-state index is 13.7. The van der Waals surface area contributed by atoms with Gasteiger partial charge >= 0.3 is 0 Å². The maximum absolute atomic E-state index is 13.7. The Kier molecular flexibility index (Phi) is 5.06. The van der Waals surface area contributed by atoms with Crippen molar-refractivity contribution in [1.29, 1.82) is 0 Å². The molecule has 2 aromatic heterocycles. The van der Waals surface area contributed by atoms with Gasteiger partial charge in [-0.25, -0.2) is 9.97 Å². The lowest BCUT2D eigenvalue weighted by molar-refractivity contribution is -0.141. The van der Waals surface area contributed by atoms with Crippen LogP contribution in [-0.4, -0.2) is 44.6 Å². The molecule has 180 valence electrons. The molecule has 3 fully saturated rings. The first-order chi connectivity index (χ1) is 16.8. The van der Waals surface area contributed by atoms with E-state index in [1.807, 2.05) is 36.2 Å². The van der Waals surface area contributed by atoms with Crippen molar-refractivity contribution in [3.05, 3.63) is 60.1 Å². The molecule has 0 spiro atoms. The molecule has 0 N–H and O–H groups in total. The smallest absolute Gasteiger partial charge is 0.246 e. The van der Waals surface area contributed by atoms with Gasteiger partial charge in [-0.3, -0.25) is 14.6 Å². The summed E-state index contributed by atoms with van der Waals surface area (Å²) in [5, 5.41) is 0. The zero-order chi connectivity index (χ0) is 24.4. The van der Waals surface area contributed by atoms with E-state index >= 15 is 0 Å². The number of rotatable bonds is 2. The van der Waals surface area contributed by atoms with Crippen LogP contribution in [0, 0.1) is 28.6 Å². The maximum Gasteiger partial charge on any atom is 0.246 e. The zero-order valence-corrected chi connectivity index (χ0v) is 20.6. The average Bonchev–Trinajstić information content (AvgIpc) is 3.13. The van der Waals surface area contributed by atoms with Crippen molar-refractivity contribution in [1.82, 2.24) is 19.9 Å². The van der Waals surface area contributed by atoms with Crippen LogP contribution in [0.5, 0.6) is 0 Å². The van der Waals surface area contributed by atoms with Crippen molar-refractivity contribution < 1.29 is 9.59 Å².